The van der Waals surface area contributed by atoms with E-state index in [-0.39, 0.29) is 5.56 Å². The van der Waals surface area contributed by atoms with Crippen molar-refractivity contribution < 1.29 is 23.8 Å². The maximum absolute atomic E-state index is 12.1. The van der Waals surface area contributed by atoms with Gasteiger partial charge in [-0.15, -0.1) is 0 Å². The summed E-state index contributed by atoms with van der Waals surface area (Å²) in [4.78, 5) is 37.8. The van der Waals surface area contributed by atoms with Gasteiger partial charge >= 0.3 is 5.97 Å². The Morgan fingerprint density at radius 3 is 2.62 bits per heavy atom. The average Bonchev–Trinajstić information content (AvgIpc) is 2.65. The molecule has 0 fully saturated rings. The smallest absolute Gasteiger partial charge is 0.344 e. The van der Waals surface area contributed by atoms with Crippen LogP contribution in [0.4, 0.5) is 0 Å². The molecule has 1 aromatic carbocycles. The lowest BCUT2D eigenvalue weighted by molar-refractivity contribution is -0.124. The zero-order valence-electron chi connectivity index (χ0n) is 14.7. The largest absolute Gasteiger partial charge is 0.497 e. The van der Waals surface area contributed by atoms with E-state index in [1.165, 1.54) is 25.4 Å². The van der Waals surface area contributed by atoms with Gasteiger partial charge in [0.25, 0.3) is 11.5 Å². The fourth-order valence-electron chi connectivity index (χ4n) is 2.33. The maximum Gasteiger partial charge on any atom is 0.344 e. The molecule has 8 nitrogen and oxygen atoms in total. The molecular weight excluding hydrogens is 340 g/mol. The molecule has 0 saturated heterocycles. The van der Waals surface area contributed by atoms with Gasteiger partial charge in [0.15, 0.2) is 6.61 Å². The number of ether oxygens (including phenoxy) is 3. The van der Waals surface area contributed by atoms with E-state index >= 15 is 0 Å². The van der Waals surface area contributed by atoms with Gasteiger partial charge in [-0.25, -0.2) is 4.79 Å². The predicted molar refractivity (Wildman–Crippen MR) is 93.4 cm³/mol. The molecule has 26 heavy (non-hydrogen) atoms. The van der Waals surface area contributed by atoms with Gasteiger partial charge in [0.2, 0.25) is 0 Å². The maximum atomic E-state index is 12.1. The van der Waals surface area contributed by atoms with E-state index in [0.29, 0.717) is 17.1 Å². The number of carbonyl (C=O) groups excluding carboxylic acids is 2. The average molecular weight is 360 g/mol. The summed E-state index contributed by atoms with van der Waals surface area (Å²) >= 11 is 0. The first-order valence-corrected chi connectivity index (χ1v) is 7.82. The number of H-pyrrole nitrogens is 1. The van der Waals surface area contributed by atoms with E-state index in [1.54, 1.807) is 32.2 Å². The first-order valence-electron chi connectivity index (χ1n) is 7.82. The number of nitrogens with one attached hydrogen (secondary N) is 2. The summed E-state index contributed by atoms with van der Waals surface area (Å²) in [6.45, 7) is 1.25. The number of hydrogen-bond donors (Lipinski definition) is 2. The first-order chi connectivity index (χ1) is 12.5. The van der Waals surface area contributed by atoms with E-state index in [9.17, 15) is 14.4 Å². The Kier molecular flexibility index (Phi) is 6.37. The molecule has 2 N–H and O–H groups in total. The summed E-state index contributed by atoms with van der Waals surface area (Å²) in [5, 5.41) is 2.71. The summed E-state index contributed by atoms with van der Waals surface area (Å²) in [6, 6.07) is 7.64. The van der Waals surface area contributed by atoms with Crippen LogP contribution in [0.2, 0.25) is 0 Å². The Bertz CT molecular complexity index is 846. The first kappa shape index (κ1) is 19.0. The molecular formula is C18H20N2O6. The molecule has 2 rings (SSSR count). The van der Waals surface area contributed by atoms with Crippen LogP contribution >= 0.6 is 0 Å². The van der Waals surface area contributed by atoms with Crippen LogP contribution in [0.15, 0.2) is 41.3 Å². The van der Waals surface area contributed by atoms with Gasteiger partial charge < -0.3 is 24.5 Å². The molecule has 0 unspecified atom stereocenters. The lowest BCUT2D eigenvalue weighted by Gasteiger charge is -2.18. The molecule has 138 valence electrons. The molecule has 1 heterocycles. The number of rotatable bonds is 7. The van der Waals surface area contributed by atoms with E-state index in [2.05, 4.69) is 10.3 Å². The number of amides is 1. The highest BCUT2D eigenvalue weighted by Crippen LogP contribution is 2.29. The summed E-state index contributed by atoms with van der Waals surface area (Å²) < 4.78 is 15.3. The van der Waals surface area contributed by atoms with Crippen LogP contribution in [0, 0.1) is 0 Å². The lowest BCUT2D eigenvalue weighted by Crippen LogP contribution is -2.32. The Hall–Kier alpha value is -3.29. The number of carbonyl (C=O) groups is 2. The van der Waals surface area contributed by atoms with Gasteiger partial charge in [0.1, 0.15) is 17.1 Å². The third-order valence-corrected chi connectivity index (χ3v) is 3.65. The predicted octanol–water partition coefficient (Wildman–Crippen LogP) is 1.43. The second kappa shape index (κ2) is 8.70. The molecule has 0 radical (unpaired) electrons. The third-order valence-electron chi connectivity index (χ3n) is 3.65. The Balaban J connectivity index is 1.98. The highest BCUT2D eigenvalue weighted by molar-refractivity contribution is 5.90. The normalized spacial score (nSPS) is 11.3. The second-order valence-electron chi connectivity index (χ2n) is 5.39. The van der Waals surface area contributed by atoms with Crippen molar-refractivity contribution in [2.75, 3.05) is 20.8 Å². The van der Waals surface area contributed by atoms with Gasteiger partial charge in [-0.2, -0.15) is 0 Å². The molecule has 0 aliphatic rings. The molecule has 8 heteroatoms. The minimum Gasteiger partial charge on any atom is -0.497 e. The second-order valence-corrected chi connectivity index (χ2v) is 5.39. The highest BCUT2D eigenvalue weighted by Gasteiger charge is 2.17. The van der Waals surface area contributed by atoms with Gasteiger partial charge in [-0.1, -0.05) is 0 Å². The Morgan fingerprint density at radius 2 is 1.96 bits per heavy atom. The number of aromatic amines is 1. The molecule has 0 aliphatic carbocycles. The third kappa shape index (κ3) is 4.62. The van der Waals surface area contributed by atoms with Crippen molar-refractivity contribution in [2.45, 2.75) is 13.0 Å². The number of hydrogen-bond acceptors (Lipinski definition) is 6. The van der Waals surface area contributed by atoms with E-state index in [1.807, 2.05) is 0 Å². The van der Waals surface area contributed by atoms with Crippen molar-refractivity contribution in [2.24, 2.45) is 0 Å². The fraction of sp³-hybridized carbons (Fsp3) is 0.278. The van der Waals surface area contributed by atoms with Crippen molar-refractivity contribution in [1.82, 2.24) is 10.3 Å². The van der Waals surface area contributed by atoms with Crippen LogP contribution in [0.1, 0.15) is 28.9 Å². The topological polar surface area (TPSA) is 107 Å². The van der Waals surface area contributed by atoms with Gasteiger partial charge in [-0.05, 0) is 37.3 Å². The number of pyridine rings is 1. The summed E-state index contributed by atoms with van der Waals surface area (Å²) in [5.74, 6) is -0.167. The van der Waals surface area contributed by atoms with Crippen molar-refractivity contribution in [3.05, 3.63) is 58.0 Å². The molecule has 1 amide bonds. The van der Waals surface area contributed by atoms with Crippen LogP contribution < -0.4 is 20.3 Å². The fourth-order valence-corrected chi connectivity index (χ4v) is 2.33. The number of methoxy groups -OCH3 is 2. The standard InChI is InChI=1S/C18H20N2O6/c1-11(14-9-12(24-2)6-7-15(14)25-3)20-16(21)10-26-18(23)13-5-4-8-19-17(13)22/h4-9,11H,10H2,1-3H3,(H,19,22)(H,20,21)/t11-/m1/s1. The summed E-state index contributed by atoms with van der Waals surface area (Å²) in [7, 11) is 3.07. The molecule has 1 aromatic heterocycles. The lowest BCUT2D eigenvalue weighted by atomic mass is 10.1. The van der Waals surface area contributed by atoms with Crippen LogP contribution in [0.25, 0.3) is 0 Å². The Morgan fingerprint density at radius 1 is 1.19 bits per heavy atom. The van der Waals surface area contributed by atoms with Crippen molar-refractivity contribution in [3.63, 3.8) is 0 Å². The molecule has 0 bridgehead atoms. The van der Waals surface area contributed by atoms with Crippen molar-refractivity contribution in [1.29, 1.82) is 0 Å². The van der Waals surface area contributed by atoms with E-state index < -0.39 is 30.1 Å². The SMILES string of the molecule is COc1ccc(OC)c([C@@H](C)NC(=O)COC(=O)c2ccc[nH]c2=O)c1. The zero-order chi connectivity index (χ0) is 19.1. The molecule has 2 aromatic rings. The van der Waals surface area contributed by atoms with Crippen molar-refractivity contribution in [3.8, 4) is 11.5 Å². The summed E-state index contributed by atoms with van der Waals surface area (Å²) in [6.07, 6.45) is 1.40. The van der Waals surface area contributed by atoms with Crippen LogP contribution in [-0.2, 0) is 9.53 Å². The van der Waals surface area contributed by atoms with Crippen molar-refractivity contribution >= 4 is 11.9 Å². The molecule has 1 atom stereocenters. The van der Waals surface area contributed by atoms with Crippen LogP contribution in [0.3, 0.4) is 0 Å². The molecule has 0 aliphatic heterocycles. The quantitative estimate of drug-likeness (QED) is 0.724. The zero-order valence-corrected chi connectivity index (χ0v) is 14.7. The van der Waals surface area contributed by atoms with Crippen LogP contribution in [0.5, 0.6) is 11.5 Å². The van der Waals surface area contributed by atoms with Gasteiger partial charge in [0.05, 0.1) is 20.3 Å². The minimum atomic E-state index is -0.867. The van der Waals surface area contributed by atoms with Gasteiger partial charge in [-0.3, -0.25) is 9.59 Å². The monoisotopic (exact) mass is 360 g/mol. The number of aromatic nitrogens is 1. The van der Waals surface area contributed by atoms with E-state index in [4.69, 9.17) is 14.2 Å². The molecule has 0 spiro atoms. The summed E-state index contributed by atoms with van der Waals surface area (Å²) in [5.41, 5.74) is -0.0266. The minimum absolute atomic E-state index is 0.164. The number of benzene rings is 1. The number of esters is 1. The van der Waals surface area contributed by atoms with Gasteiger partial charge in [0, 0.05) is 11.8 Å². The van der Waals surface area contributed by atoms with Crippen LogP contribution in [-0.4, -0.2) is 37.7 Å². The Labute approximate surface area is 150 Å². The van der Waals surface area contributed by atoms with E-state index in [0.717, 1.165) is 0 Å². The molecule has 0 saturated carbocycles. The highest BCUT2D eigenvalue weighted by atomic mass is 16.5.